The molecule has 1 atom stereocenters. The molecule has 0 radical (unpaired) electrons. The Hall–Kier alpha value is -1.73. The van der Waals surface area contributed by atoms with E-state index in [2.05, 4.69) is 15.5 Å². The Labute approximate surface area is 143 Å². The minimum absolute atomic E-state index is 0.0268. The lowest BCUT2D eigenvalue weighted by Gasteiger charge is -2.17. The first-order chi connectivity index (χ1) is 10.8. The SMILES string of the molecule is C[C@H](Sc1nncs1)C(=O)c1ccc(NC(=O)C(C)(C)C)cc1. The molecule has 122 valence electrons. The molecule has 7 heteroatoms. The number of anilines is 1. The molecule has 23 heavy (non-hydrogen) atoms. The van der Waals surface area contributed by atoms with Gasteiger partial charge in [0.05, 0.1) is 5.25 Å². The zero-order chi connectivity index (χ0) is 17.0. The molecule has 2 rings (SSSR count). The van der Waals surface area contributed by atoms with Crippen molar-refractivity contribution < 1.29 is 9.59 Å². The zero-order valence-corrected chi connectivity index (χ0v) is 15.1. The van der Waals surface area contributed by atoms with E-state index in [9.17, 15) is 9.59 Å². The highest BCUT2D eigenvalue weighted by Gasteiger charge is 2.22. The highest BCUT2D eigenvalue weighted by Crippen LogP contribution is 2.27. The summed E-state index contributed by atoms with van der Waals surface area (Å²) in [6, 6.07) is 6.97. The molecule has 5 nitrogen and oxygen atoms in total. The van der Waals surface area contributed by atoms with Gasteiger partial charge in [-0.3, -0.25) is 9.59 Å². The second kappa shape index (κ2) is 7.23. The topological polar surface area (TPSA) is 72.0 Å². The number of carbonyl (C=O) groups is 2. The van der Waals surface area contributed by atoms with E-state index in [4.69, 9.17) is 0 Å². The minimum Gasteiger partial charge on any atom is -0.326 e. The Bertz CT molecular complexity index is 676. The van der Waals surface area contributed by atoms with Crippen molar-refractivity contribution >= 4 is 40.5 Å². The molecule has 1 amide bonds. The maximum Gasteiger partial charge on any atom is 0.229 e. The van der Waals surface area contributed by atoms with Crippen molar-refractivity contribution in [2.75, 3.05) is 5.32 Å². The summed E-state index contributed by atoms with van der Waals surface area (Å²) in [6.45, 7) is 7.41. The highest BCUT2D eigenvalue weighted by atomic mass is 32.2. The standard InChI is InChI=1S/C16H19N3O2S2/c1-10(23-15-19-17-9-22-15)13(20)11-5-7-12(8-6-11)18-14(21)16(2,3)4/h5-10H,1-4H3,(H,18,21)/t10-/m0/s1. The summed E-state index contributed by atoms with van der Waals surface area (Å²) >= 11 is 2.81. The second-order valence-corrected chi connectivity index (χ2v) is 8.53. The van der Waals surface area contributed by atoms with Crippen LogP contribution in [0.4, 0.5) is 5.69 Å². The molecule has 1 aromatic heterocycles. The van der Waals surface area contributed by atoms with Crippen molar-refractivity contribution in [3.05, 3.63) is 35.3 Å². The van der Waals surface area contributed by atoms with Gasteiger partial charge in [-0.1, -0.05) is 43.9 Å². The van der Waals surface area contributed by atoms with Crippen LogP contribution in [0.1, 0.15) is 38.1 Å². The van der Waals surface area contributed by atoms with Gasteiger partial charge in [0.1, 0.15) is 5.51 Å². The number of hydrogen-bond donors (Lipinski definition) is 1. The van der Waals surface area contributed by atoms with Crippen LogP contribution in [0.15, 0.2) is 34.1 Å². The molecule has 2 aromatic rings. The van der Waals surface area contributed by atoms with Crippen molar-refractivity contribution in [1.82, 2.24) is 10.2 Å². The molecule has 0 aliphatic rings. The summed E-state index contributed by atoms with van der Waals surface area (Å²) in [7, 11) is 0. The van der Waals surface area contributed by atoms with E-state index in [1.54, 1.807) is 29.8 Å². The van der Waals surface area contributed by atoms with Gasteiger partial charge in [-0.2, -0.15) is 0 Å². The van der Waals surface area contributed by atoms with Crippen molar-refractivity contribution in [2.45, 2.75) is 37.3 Å². The molecular formula is C16H19N3O2S2. The third-order valence-electron chi connectivity index (χ3n) is 3.10. The number of benzene rings is 1. The molecule has 1 N–H and O–H groups in total. The third kappa shape index (κ3) is 4.87. The fraction of sp³-hybridized carbons (Fsp3) is 0.375. The number of rotatable bonds is 5. The lowest BCUT2D eigenvalue weighted by Crippen LogP contribution is -2.27. The number of nitrogens with zero attached hydrogens (tertiary/aromatic N) is 2. The molecule has 1 heterocycles. The lowest BCUT2D eigenvalue weighted by atomic mass is 9.95. The van der Waals surface area contributed by atoms with Crippen LogP contribution < -0.4 is 5.32 Å². The number of aromatic nitrogens is 2. The average Bonchev–Trinajstić information content (AvgIpc) is 2.99. The van der Waals surface area contributed by atoms with E-state index in [1.807, 2.05) is 27.7 Å². The van der Waals surface area contributed by atoms with Crippen LogP contribution in [0.25, 0.3) is 0 Å². The van der Waals surface area contributed by atoms with Crippen molar-refractivity contribution in [2.24, 2.45) is 5.41 Å². The normalized spacial score (nSPS) is 12.7. The van der Waals surface area contributed by atoms with E-state index in [0.717, 1.165) is 4.34 Å². The van der Waals surface area contributed by atoms with E-state index >= 15 is 0 Å². The maximum absolute atomic E-state index is 12.4. The van der Waals surface area contributed by atoms with Crippen LogP contribution in [0.2, 0.25) is 0 Å². The van der Waals surface area contributed by atoms with Crippen molar-refractivity contribution in [3.8, 4) is 0 Å². The van der Waals surface area contributed by atoms with E-state index in [0.29, 0.717) is 11.3 Å². The van der Waals surface area contributed by atoms with Gasteiger partial charge in [0.25, 0.3) is 0 Å². The van der Waals surface area contributed by atoms with Crippen LogP contribution in [0, 0.1) is 5.41 Å². The average molecular weight is 349 g/mol. The molecule has 0 fully saturated rings. The minimum atomic E-state index is -0.457. The summed E-state index contributed by atoms with van der Waals surface area (Å²) < 4.78 is 0.778. The maximum atomic E-state index is 12.4. The number of Topliss-reactive ketones (excluding diaryl/α,β-unsaturated/α-hetero) is 1. The van der Waals surface area contributed by atoms with E-state index < -0.39 is 5.41 Å². The Balaban J connectivity index is 2.01. The Morgan fingerprint density at radius 1 is 1.22 bits per heavy atom. The first-order valence-corrected chi connectivity index (χ1v) is 8.92. The molecule has 0 saturated heterocycles. The van der Waals surface area contributed by atoms with Gasteiger partial charge in [0.2, 0.25) is 5.91 Å². The predicted molar refractivity (Wildman–Crippen MR) is 94.1 cm³/mol. The van der Waals surface area contributed by atoms with Gasteiger partial charge in [0.15, 0.2) is 10.1 Å². The van der Waals surface area contributed by atoms with Crippen LogP contribution in [-0.4, -0.2) is 27.1 Å². The lowest BCUT2D eigenvalue weighted by molar-refractivity contribution is -0.123. The Morgan fingerprint density at radius 2 is 1.87 bits per heavy atom. The molecule has 0 saturated carbocycles. The van der Waals surface area contributed by atoms with E-state index in [1.165, 1.54) is 23.1 Å². The molecule has 0 unspecified atom stereocenters. The first kappa shape index (κ1) is 17.6. The highest BCUT2D eigenvalue weighted by molar-refractivity contribution is 8.02. The van der Waals surface area contributed by atoms with E-state index in [-0.39, 0.29) is 16.9 Å². The van der Waals surface area contributed by atoms with Gasteiger partial charge in [-0.05, 0) is 31.2 Å². The summed E-state index contributed by atoms with van der Waals surface area (Å²) in [5.41, 5.74) is 2.49. The molecule has 0 aliphatic heterocycles. The number of ketones is 1. The second-order valence-electron chi connectivity index (χ2n) is 6.11. The van der Waals surface area contributed by atoms with Crippen LogP contribution in [-0.2, 0) is 4.79 Å². The number of carbonyl (C=O) groups excluding carboxylic acids is 2. The first-order valence-electron chi connectivity index (χ1n) is 7.16. The summed E-state index contributed by atoms with van der Waals surface area (Å²) in [4.78, 5) is 24.4. The smallest absolute Gasteiger partial charge is 0.229 e. The third-order valence-corrected chi connectivity index (χ3v) is 5.01. The molecule has 0 spiro atoms. The zero-order valence-electron chi connectivity index (χ0n) is 13.5. The van der Waals surface area contributed by atoms with Gasteiger partial charge in [0, 0.05) is 16.7 Å². The number of hydrogen-bond acceptors (Lipinski definition) is 6. The van der Waals surface area contributed by atoms with Crippen LogP contribution in [0.3, 0.4) is 0 Å². The molecule has 1 aromatic carbocycles. The van der Waals surface area contributed by atoms with Gasteiger partial charge in [-0.25, -0.2) is 0 Å². The fourth-order valence-corrected chi connectivity index (χ4v) is 3.39. The summed E-state index contributed by atoms with van der Waals surface area (Å²) in [6.07, 6.45) is 0. The number of nitrogens with one attached hydrogen (secondary N) is 1. The van der Waals surface area contributed by atoms with Crippen LogP contribution in [0.5, 0.6) is 0 Å². The Morgan fingerprint density at radius 3 is 2.39 bits per heavy atom. The van der Waals surface area contributed by atoms with Crippen LogP contribution >= 0.6 is 23.1 Å². The Kier molecular flexibility index (Phi) is 5.54. The van der Waals surface area contributed by atoms with Gasteiger partial charge < -0.3 is 5.32 Å². The van der Waals surface area contributed by atoms with Crippen molar-refractivity contribution in [3.63, 3.8) is 0 Å². The fourth-order valence-electron chi connectivity index (χ4n) is 1.69. The van der Waals surface area contributed by atoms with Gasteiger partial charge >= 0.3 is 0 Å². The van der Waals surface area contributed by atoms with Gasteiger partial charge in [-0.15, -0.1) is 10.2 Å². The summed E-state index contributed by atoms with van der Waals surface area (Å²) in [5.74, 6) is -0.0318. The predicted octanol–water partition coefficient (Wildman–Crippen LogP) is 3.89. The number of thioether (sulfide) groups is 1. The van der Waals surface area contributed by atoms with Crippen molar-refractivity contribution in [1.29, 1.82) is 0 Å². The quantitative estimate of drug-likeness (QED) is 0.655. The monoisotopic (exact) mass is 349 g/mol. The summed E-state index contributed by atoms with van der Waals surface area (Å²) in [5, 5.41) is 10.3. The molecule has 0 bridgehead atoms. The number of amides is 1. The molecule has 0 aliphatic carbocycles. The largest absolute Gasteiger partial charge is 0.326 e. The molecular weight excluding hydrogens is 330 g/mol.